The Morgan fingerprint density at radius 3 is 3.06 bits per heavy atom. The molecule has 0 fully saturated rings. The van der Waals surface area contributed by atoms with Crippen molar-refractivity contribution < 1.29 is 9.53 Å². The van der Waals surface area contributed by atoms with Crippen LogP contribution in [-0.2, 0) is 15.3 Å². The van der Waals surface area contributed by atoms with E-state index in [4.69, 9.17) is 4.74 Å². The second kappa shape index (κ2) is 7.95. The minimum Gasteiger partial charge on any atom is -0.465 e. The number of carbonyl (C=O) groups excluding carboxylic acids is 1. The summed E-state index contributed by atoms with van der Waals surface area (Å²) in [6, 6.07) is 3.92. The number of ether oxygens (including phenoxy) is 1. The van der Waals surface area contributed by atoms with E-state index >= 15 is 0 Å². The predicted octanol–water partition coefficient (Wildman–Crippen LogP) is 2.31. The first-order valence-electron chi connectivity index (χ1n) is 5.69. The van der Waals surface area contributed by atoms with Gasteiger partial charge in [-0.3, -0.25) is 4.79 Å². The molecular weight excluding hydrogens is 236 g/mol. The van der Waals surface area contributed by atoms with Gasteiger partial charge in [-0.1, -0.05) is 6.07 Å². The molecule has 0 aromatic carbocycles. The van der Waals surface area contributed by atoms with E-state index in [0.717, 1.165) is 23.7 Å². The molecule has 5 heteroatoms. The number of hydrogen-bond acceptors (Lipinski definition) is 5. The molecule has 0 amide bonds. The molecule has 0 bridgehead atoms. The van der Waals surface area contributed by atoms with Crippen LogP contribution in [0.25, 0.3) is 0 Å². The van der Waals surface area contributed by atoms with Gasteiger partial charge in [-0.25, -0.2) is 4.98 Å². The third kappa shape index (κ3) is 5.08. The Hall–Kier alpha value is -1.23. The van der Waals surface area contributed by atoms with Gasteiger partial charge in [0.15, 0.2) is 0 Å². The first-order valence-corrected chi connectivity index (χ1v) is 6.84. The molecule has 1 heterocycles. The van der Waals surface area contributed by atoms with Crippen LogP contribution in [0.3, 0.4) is 0 Å². The van der Waals surface area contributed by atoms with Crippen LogP contribution >= 0.6 is 11.8 Å². The summed E-state index contributed by atoms with van der Waals surface area (Å²) in [5, 5.41) is 3.20. The highest BCUT2D eigenvalue weighted by Gasteiger charge is 2.05. The van der Waals surface area contributed by atoms with E-state index in [9.17, 15) is 4.79 Å². The van der Waals surface area contributed by atoms with Crippen molar-refractivity contribution in [3.8, 4) is 0 Å². The van der Waals surface area contributed by atoms with Crippen LogP contribution in [0.15, 0.2) is 18.3 Å². The van der Waals surface area contributed by atoms with Crippen LogP contribution in [0.4, 0.5) is 5.82 Å². The van der Waals surface area contributed by atoms with Crippen molar-refractivity contribution in [1.82, 2.24) is 4.98 Å². The molecule has 0 aliphatic rings. The SMILES string of the molecule is CCNc1ncccc1CSCC(=O)OCC. The average Bonchev–Trinajstić information content (AvgIpc) is 2.32. The molecule has 0 spiro atoms. The van der Waals surface area contributed by atoms with E-state index in [0.29, 0.717) is 12.4 Å². The third-order valence-corrected chi connectivity index (χ3v) is 2.97. The maximum Gasteiger partial charge on any atom is 0.315 e. The number of carbonyl (C=O) groups is 1. The molecule has 0 saturated heterocycles. The standard InChI is InChI=1S/C12H18N2O2S/c1-3-13-12-10(6-5-7-14-12)8-17-9-11(15)16-4-2/h5-7H,3-4,8-9H2,1-2H3,(H,13,14). The number of pyridine rings is 1. The Morgan fingerprint density at radius 2 is 2.35 bits per heavy atom. The maximum atomic E-state index is 11.2. The van der Waals surface area contributed by atoms with Gasteiger partial charge in [0.2, 0.25) is 0 Å². The highest BCUT2D eigenvalue weighted by atomic mass is 32.2. The van der Waals surface area contributed by atoms with E-state index < -0.39 is 0 Å². The van der Waals surface area contributed by atoms with E-state index in [1.165, 1.54) is 11.8 Å². The fraction of sp³-hybridized carbons (Fsp3) is 0.500. The molecule has 0 atom stereocenters. The fourth-order valence-corrected chi connectivity index (χ4v) is 2.13. The topological polar surface area (TPSA) is 51.2 Å². The zero-order valence-electron chi connectivity index (χ0n) is 10.2. The van der Waals surface area contributed by atoms with E-state index in [1.54, 1.807) is 6.20 Å². The number of esters is 1. The molecular formula is C12H18N2O2S. The summed E-state index contributed by atoms with van der Waals surface area (Å²) in [5.74, 6) is 1.88. The second-order valence-electron chi connectivity index (χ2n) is 3.34. The van der Waals surface area contributed by atoms with Gasteiger partial charge in [-0.15, -0.1) is 11.8 Å². The highest BCUT2D eigenvalue weighted by Crippen LogP contribution is 2.18. The van der Waals surface area contributed by atoms with Gasteiger partial charge in [0, 0.05) is 24.1 Å². The van der Waals surface area contributed by atoms with Crippen molar-refractivity contribution in [2.24, 2.45) is 0 Å². The molecule has 1 N–H and O–H groups in total. The molecule has 1 aromatic rings. The lowest BCUT2D eigenvalue weighted by atomic mass is 10.3. The van der Waals surface area contributed by atoms with E-state index in [2.05, 4.69) is 10.3 Å². The first kappa shape index (κ1) is 13.8. The summed E-state index contributed by atoms with van der Waals surface area (Å²) in [5.41, 5.74) is 1.11. The summed E-state index contributed by atoms with van der Waals surface area (Å²) in [6.07, 6.45) is 1.76. The van der Waals surface area contributed by atoms with Crippen LogP contribution in [0.2, 0.25) is 0 Å². The number of nitrogens with zero attached hydrogens (tertiary/aromatic N) is 1. The van der Waals surface area contributed by atoms with Crippen LogP contribution in [0.5, 0.6) is 0 Å². The second-order valence-corrected chi connectivity index (χ2v) is 4.32. The lowest BCUT2D eigenvalue weighted by Crippen LogP contribution is -2.07. The number of anilines is 1. The number of hydrogen-bond donors (Lipinski definition) is 1. The number of nitrogens with one attached hydrogen (secondary N) is 1. The predicted molar refractivity (Wildman–Crippen MR) is 71.2 cm³/mol. The average molecular weight is 254 g/mol. The minimum absolute atomic E-state index is 0.161. The van der Waals surface area contributed by atoms with Crippen molar-refractivity contribution in [1.29, 1.82) is 0 Å². The molecule has 0 aliphatic heterocycles. The molecule has 0 unspecified atom stereocenters. The largest absolute Gasteiger partial charge is 0.465 e. The van der Waals surface area contributed by atoms with Crippen LogP contribution in [0.1, 0.15) is 19.4 Å². The first-order chi connectivity index (χ1) is 8.27. The van der Waals surface area contributed by atoms with Gasteiger partial charge in [0.25, 0.3) is 0 Å². The van der Waals surface area contributed by atoms with Crippen LogP contribution in [0, 0.1) is 0 Å². The summed E-state index contributed by atoms with van der Waals surface area (Å²) in [6.45, 7) is 5.12. The van der Waals surface area contributed by atoms with Gasteiger partial charge in [-0.05, 0) is 19.9 Å². The van der Waals surface area contributed by atoms with Crippen LogP contribution < -0.4 is 5.32 Å². The molecule has 1 rings (SSSR count). The summed E-state index contributed by atoms with van der Waals surface area (Å²) in [7, 11) is 0. The smallest absolute Gasteiger partial charge is 0.315 e. The lowest BCUT2D eigenvalue weighted by molar-refractivity contribution is -0.139. The van der Waals surface area contributed by atoms with Gasteiger partial charge in [-0.2, -0.15) is 0 Å². The Bertz CT molecular complexity index is 358. The van der Waals surface area contributed by atoms with Crippen molar-refractivity contribution in [2.45, 2.75) is 19.6 Å². The third-order valence-electron chi connectivity index (χ3n) is 2.02. The zero-order chi connectivity index (χ0) is 12.5. The molecule has 4 nitrogen and oxygen atoms in total. The number of thioether (sulfide) groups is 1. The van der Waals surface area contributed by atoms with Gasteiger partial charge >= 0.3 is 5.97 Å². The Kier molecular flexibility index (Phi) is 6.47. The molecule has 94 valence electrons. The highest BCUT2D eigenvalue weighted by molar-refractivity contribution is 7.99. The molecule has 0 radical (unpaired) electrons. The molecule has 1 aromatic heterocycles. The van der Waals surface area contributed by atoms with Gasteiger partial charge in [0.1, 0.15) is 5.82 Å². The molecule has 0 aliphatic carbocycles. The Labute approximate surface area is 106 Å². The molecule has 17 heavy (non-hydrogen) atoms. The Balaban J connectivity index is 2.43. The van der Waals surface area contributed by atoms with Crippen molar-refractivity contribution in [2.75, 3.05) is 24.2 Å². The summed E-state index contributed by atoms with van der Waals surface area (Å²) >= 11 is 1.54. The van der Waals surface area contributed by atoms with Gasteiger partial charge in [0.05, 0.1) is 12.4 Å². The number of rotatable bonds is 7. The quantitative estimate of drug-likeness (QED) is 0.757. The summed E-state index contributed by atoms with van der Waals surface area (Å²) < 4.78 is 4.87. The Morgan fingerprint density at radius 1 is 1.53 bits per heavy atom. The van der Waals surface area contributed by atoms with E-state index in [1.807, 2.05) is 26.0 Å². The maximum absolute atomic E-state index is 11.2. The monoisotopic (exact) mass is 254 g/mol. The van der Waals surface area contributed by atoms with Crippen LogP contribution in [-0.4, -0.2) is 29.9 Å². The number of aromatic nitrogens is 1. The zero-order valence-corrected chi connectivity index (χ0v) is 11.0. The van der Waals surface area contributed by atoms with Gasteiger partial charge < -0.3 is 10.1 Å². The van der Waals surface area contributed by atoms with Crippen molar-refractivity contribution >= 4 is 23.5 Å². The fourth-order valence-electron chi connectivity index (χ4n) is 1.33. The minimum atomic E-state index is -0.161. The van der Waals surface area contributed by atoms with E-state index in [-0.39, 0.29) is 5.97 Å². The molecule has 0 saturated carbocycles. The summed E-state index contributed by atoms with van der Waals surface area (Å²) in [4.78, 5) is 15.4. The normalized spacial score (nSPS) is 10.0. The lowest BCUT2D eigenvalue weighted by Gasteiger charge is -2.08. The van der Waals surface area contributed by atoms with Crippen molar-refractivity contribution in [3.05, 3.63) is 23.9 Å². The van der Waals surface area contributed by atoms with Crippen molar-refractivity contribution in [3.63, 3.8) is 0 Å².